The lowest BCUT2D eigenvalue weighted by Gasteiger charge is -2.19. The molecule has 0 fully saturated rings. The lowest BCUT2D eigenvalue weighted by Crippen LogP contribution is -2.25. The molecule has 1 aromatic carbocycles. The second-order valence-electron chi connectivity index (χ2n) is 5.45. The molecular formula is C16H24N4S. The Hall–Kier alpha value is -1.33. The molecule has 2 aromatic rings. The number of aromatic nitrogens is 3. The van der Waals surface area contributed by atoms with Crippen molar-refractivity contribution in [3.05, 3.63) is 42.2 Å². The summed E-state index contributed by atoms with van der Waals surface area (Å²) in [6.07, 6.45) is 1.87. The van der Waals surface area contributed by atoms with E-state index in [0.717, 1.165) is 29.6 Å². The Balaban J connectivity index is 2.15. The zero-order valence-corrected chi connectivity index (χ0v) is 13.8. The van der Waals surface area contributed by atoms with E-state index in [1.807, 2.05) is 40.8 Å². The highest BCUT2D eigenvalue weighted by molar-refractivity contribution is 7.99. The predicted molar refractivity (Wildman–Crippen MR) is 89.9 cm³/mol. The van der Waals surface area contributed by atoms with E-state index in [0.29, 0.717) is 0 Å². The summed E-state index contributed by atoms with van der Waals surface area (Å²) in [5.74, 6) is 2.93. The second-order valence-corrected chi connectivity index (χ2v) is 6.52. The van der Waals surface area contributed by atoms with Crippen molar-refractivity contribution >= 4 is 11.8 Å². The van der Waals surface area contributed by atoms with Gasteiger partial charge in [0.2, 0.25) is 0 Å². The van der Waals surface area contributed by atoms with E-state index in [1.165, 1.54) is 5.75 Å². The fourth-order valence-electron chi connectivity index (χ4n) is 2.17. The van der Waals surface area contributed by atoms with E-state index < -0.39 is 0 Å². The maximum atomic E-state index is 4.25. The van der Waals surface area contributed by atoms with Crippen molar-refractivity contribution in [1.82, 2.24) is 20.3 Å². The molecule has 0 aliphatic rings. The van der Waals surface area contributed by atoms with Gasteiger partial charge in [0.25, 0.3) is 0 Å². The van der Waals surface area contributed by atoms with Gasteiger partial charge in [-0.2, -0.15) is 11.8 Å². The summed E-state index contributed by atoms with van der Waals surface area (Å²) in [5.41, 5.74) is 2.18. The van der Waals surface area contributed by atoms with Gasteiger partial charge in [0.1, 0.15) is 0 Å². The van der Waals surface area contributed by atoms with Gasteiger partial charge in [-0.25, -0.2) is 4.68 Å². The maximum absolute atomic E-state index is 4.25. The van der Waals surface area contributed by atoms with Crippen LogP contribution in [0.5, 0.6) is 0 Å². The first-order valence-corrected chi connectivity index (χ1v) is 8.65. The number of nitrogens with zero attached hydrogens (tertiary/aromatic N) is 3. The molecule has 1 heterocycles. The molecule has 1 atom stereocenters. The zero-order chi connectivity index (χ0) is 15.1. The molecule has 0 bridgehead atoms. The third-order valence-electron chi connectivity index (χ3n) is 3.12. The Kier molecular flexibility index (Phi) is 6.26. The van der Waals surface area contributed by atoms with Crippen molar-refractivity contribution < 1.29 is 0 Å². The van der Waals surface area contributed by atoms with Gasteiger partial charge in [0.15, 0.2) is 0 Å². The quantitative estimate of drug-likeness (QED) is 0.812. The molecule has 5 heteroatoms. The molecule has 0 saturated heterocycles. The van der Waals surface area contributed by atoms with Crippen LogP contribution in [0.4, 0.5) is 0 Å². The van der Waals surface area contributed by atoms with Crippen molar-refractivity contribution in [3.8, 4) is 5.69 Å². The van der Waals surface area contributed by atoms with Gasteiger partial charge in [-0.15, -0.1) is 5.10 Å². The van der Waals surface area contributed by atoms with Crippen LogP contribution in [0.15, 0.2) is 36.5 Å². The summed E-state index contributed by atoms with van der Waals surface area (Å²) >= 11 is 1.98. The van der Waals surface area contributed by atoms with Crippen molar-refractivity contribution in [3.63, 3.8) is 0 Å². The molecular weight excluding hydrogens is 280 g/mol. The third kappa shape index (κ3) is 4.58. The number of thioether (sulfide) groups is 1. The first-order chi connectivity index (χ1) is 10.2. The molecule has 1 unspecified atom stereocenters. The van der Waals surface area contributed by atoms with E-state index in [4.69, 9.17) is 0 Å². The Morgan fingerprint density at radius 2 is 1.95 bits per heavy atom. The largest absolute Gasteiger partial charge is 0.308 e. The van der Waals surface area contributed by atoms with E-state index in [-0.39, 0.29) is 6.04 Å². The molecule has 0 aliphatic carbocycles. The SMILES string of the molecule is CCNC(CSCC(C)C)c1cnnn1-c1ccccc1. The Morgan fingerprint density at radius 3 is 2.62 bits per heavy atom. The normalized spacial score (nSPS) is 12.8. The third-order valence-corrected chi connectivity index (χ3v) is 4.59. The van der Waals surface area contributed by atoms with Gasteiger partial charge in [-0.1, -0.05) is 44.2 Å². The summed E-state index contributed by atoms with van der Waals surface area (Å²) in [6.45, 7) is 7.58. The zero-order valence-electron chi connectivity index (χ0n) is 13.0. The number of para-hydroxylation sites is 1. The van der Waals surface area contributed by atoms with Crippen LogP contribution < -0.4 is 5.32 Å². The lowest BCUT2D eigenvalue weighted by atomic mass is 10.2. The highest BCUT2D eigenvalue weighted by Crippen LogP contribution is 2.21. The topological polar surface area (TPSA) is 42.7 Å². The van der Waals surface area contributed by atoms with E-state index in [2.05, 4.69) is 48.5 Å². The van der Waals surface area contributed by atoms with Crippen LogP contribution in [0.1, 0.15) is 32.5 Å². The molecule has 0 spiro atoms. The minimum atomic E-state index is 0.272. The molecule has 2 rings (SSSR count). The average Bonchev–Trinajstić information content (AvgIpc) is 2.96. The van der Waals surface area contributed by atoms with Crippen LogP contribution in [0.3, 0.4) is 0 Å². The molecule has 114 valence electrons. The van der Waals surface area contributed by atoms with E-state index in [1.54, 1.807) is 0 Å². The van der Waals surface area contributed by atoms with Gasteiger partial charge >= 0.3 is 0 Å². The van der Waals surface area contributed by atoms with Crippen molar-refractivity contribution in [2.75, 3.05) is 18.1 Å². The standard InChI is InChI=1S/C16H24N4S/c1-4-17-15(12-21-11-13(2)3)16-10-18-19-20(16)14-8-6-5-7-9-14/h5-10,13,15,17H,4,11-12H2,1-3H3. The Bertz CT molecular complexity index is 524. The van der Waals surface area contributed by atoms with Gasteiger partial charge < -0.3 is 5.32 Å². The molecule has 1 N–H and O–H groups in total. The van der Waals surface area contributed by atoms with Gasteiger partial charge in [0.05, 0.1) is 23.6 Å². The minimum absolute atomic E-state index is 0.272. The maximum Gasteiger partial charge on any atom is 0.0823 e. The average molecular weight is 304 g/mol. The van der Waals surface area contributed by atoms with Crippen LogP contribution in [-0.4, -0.2) is 33.0 Å². The van der Waals surface area contributed by atoms with E-state index >= 15 is 0 Å². The number of hydrogen-bond acceptors (Lipinski definition) is 4. The van der Waals surface area contributed by atoms with Crippen LogP contribution >= 0.6 is 11.8 Å². The smallest absolute Gasteiger partial charge is 0.0823 e. The van der Waals surface area contributed by atoms with Crippen molar-refractivity contribution in [2.24, 2.45) is 5.92 Å². The summed E-state index contributed by atoms with van der Waals surface area (Å²) in [4.78, 5) is 0. The van der Waals surface area contributed by atoms with Crippen LogP contribution in [0.2, 0.25) is 0 Å². The van der Waals surface area contributed by atoms with E-state index in [9.17, 15) is 0 Å². The van der Waals surface area contributed by atoms with Gasteiger partial charge in [-0.3, -0.25) is 0 Å². The molecule has 21 heavy (non-hydrogen) atoms. The molecule has 4 nitrogen and oxygen atoms in total. The fourth-order valence-corrected chi connectivity index (χ4v) is 3.30. The molecule has 0 amide bonds. The van der Waals surface area contributed by atoms with Crippen molar-refractivity contribution in [1.29, 1.82) is 0 Å². The summed E-state index contributed by atoms with van der Waals surface area (Å²) < 4.78 is 1.93. The van der Waals surface area contributed by atoms with Crippen molar-refractivity contribution in [2.45, 2.75) is 26.8 Å². The number of nitrogens with one attached hydrogen (secondary N) is 1. The molecule has 0 saturated carbocycles. The first-order valence-electron chi connectivity index (χ1n) is 7.49. The predicted octanol–water partition coefficient (Wildman–Crippen LogP) is 3.31. The summed E-state index contributed by atoms with van der Waals surface area (Å²) in [7, 11) is 0. The number of hydrogen-bond donors (Lipinski definition) is 1. The fraction of sp³-hybridized carbons (Fsp3) is 0.500. The number of rotatable bonds is 8. The molecule has 0 radical (unpaired) electrons. The molecule has 0 aliphatic heterocycles. The highest BCUT2D eigenvalue weighted by atomic mass is 32.2. The Labute approximate surface area is 131 Å². The van der Waals surface area contributed by atoms with Gasteiger partial charge in [-0.05, 0) is 30.3 Å². The summed E-state index contributed by atoms with van der Waals surface area (Å²) in [6, 6.07) is 10.5. The second kappa shape index (κ2) is 8.20. The first kappa shape index (κ1) is 16.0. The van der Waals surface area contributed by atoms with Crippen LogP contribution in [0.25, 0.3) is 5.69 Å². The van der Waals surface area contributed by atoms with Crippen LogP contribution in [-0.2, 0) is 0 Å². The highest BCUT2D eigenvalue weighted by Gasteiger charge is 2.17. The minimum Gasteiger partial charge on any atom is -0.308 e. The number of benzene rings is 1. The van der Waals surface area contributed by atoms with Crippen LogP contribution in [0, 0.1) is 5.92 Å². The summed E-state index contributed by atoms with van der Waals surface area (Å²) in [5, 5.41) is 11.9. The van der Waals surface area contributed by atoms with Gasteiger partial charge in [0, 0.05) is 5.75 Å². The lowest BCUT2D eigenvalue weighted by molar-refractivity contribution is 0.569. The molecule has 1 aromatic heterocycles. The monoisotopic (exact) mass is 304 g/mol. The Morgan fingerprint density at radius 1 is 1.19 bits per heavy atom.